The first-order valence-electron chi connectivity index (χ1n) is 9.38. The Kier molecular flexibility index (Phi) is 6.05. The van der Waals surface area contributed by atoms with Crippen LogP contribution >= 0.6 is 0 Å². The fourth-order valence-corrected chi connectivity index (χ4v) is 3.46. The minimum Gasteiger partial charge on any atom is -0.350 e. The number of nitrogens with zero attached hydrogens (tertiary/aromatic N) is 2. The molecule has 1 aliphatic heterocycles. The van der Waals surface area contributed by atoms with Crippen LogP contribution in [0.1, 0.15) is 31.9 Å². The fraction of sp³-hybridized carbons (Fsp3) is 0.476. The summed E-state index contributed by atoms with van der Waals surface area (Å²) in [6, 6.07) is 14.8. The van der Waals surface area contributed by atoms with Gasteiger partial charge in [0, 0.05) is 39.1 Å². The number of rotatable bonds is 6. The lowest BCUT2D eigenvalue weighted by Crippen LogP contribution is -2.47. The van der Waals surface area contributed by atoms with Crippen LogP contribution in [-0.4, -0.2) is 55.0 Å². The molecule has 3 rings (SSSR count). The Morgan fingerprint density at radius 2 is 1.72 bits per heavy atom. The molecule has 1 heterocycles. The molecule has 0 aliphatic carbocycles. The van der Waals surface area contributed by atoms with Crippen LogP contribution in [0.25, 0.3) is 10.8 Å². The van der Waals surface area contributed by atoms with Crippen molar-refractivity contribution in [2.75, 3.05) is 39.3 Å². The lowest BCUT2D eigenvalue weighted by molar-refractivity contribution is -0.122. The standard InChI is InChI=1S/C21H29N3O/c1-3-23-12-14-24(15-13-23)11-10-21(25)22-17(2)19-9-8-18-6-4-5-7-20(18)16-19/h4-9,16-17H,3,10-15H2,1-2H3,(H,22,25)/t17-/m1/s1. The molecule has 1 amide bonds. The third kappa shape index (κ3) is 4.80. The summed E-state index contributed by atoms with van der Waals surface area (Å²) in [5.74, 6) is 0.138. The molecular formula is C21H29N3O. The molecule has 4 heteroatoms. The first-order valence-corrected chi connectivity index (χ1v) is 9.38. The summed E-state index contributed by atoms with van der Waals surface area (Å²) < 4.78 is 0. The zero-order valence-electron chi connectivity index (χ0n) is 15.4. The van der Waals surface area contributed by atoms with E-state index in [-0.39, 0.29) is 11.9 Å². The number of benzene rings is 2. The van der Waals surface area contributed by atoms with Crippen LogP contribution in [0.4, 0.5) is 0 Å². The van der Waals surface area contributed by atoms with Gasteiger partial charge < -0.3 is 15.1 Å². The van der Waals surface area contributed by atoms with Crippen molar-refractivity contribution in [3.05, 3.63) is 48.0 Å². The van der Waals surface area contributed by atoms with E-state index in [1.807, 2.05) is 12.1 Å². The molecular weight excluding hydrogens is 310 g/mol. The lowest BCUT2D eigenvalue weighted by Gasteiger charge is -2.33. The third-order valence-corrected chi connectivity index (χ3v) is 5.22. The SMILES string of the molecule is CCN1CCN(CCC(=O)N[C@H](C)c2ccc3ccccc3c2)CC1. The Labute approximate surface area is 150 Å². The Morgan fingerprint density at radius 3 is 2.44 bits per heavy atom. The van der Waals surface area contributed by atoms with Gasteiger partial charge in [-0.1, -0.05) is 43.3 Å². The van der Waals surface area contributed by atoms with Crippen molar-refractivity contribution < 1.29 is 4.79 Å². The maximum absolute atomic E-state index is 12.3. The van der Waals surface area contributed by atoms with Gasteiger partial charge >= 0.3 is 0 Å². The van der Waals surface area contributed by atoms with E-state index < -0.39 is 0 Å². The largest absolute Gasteiger partial charge is 0.350 e. The number of carbonyl (C=O) groups excluding carboxylic acids is 1. The van der Waals surface area contributed by atoms with Crippen molar-refractivity contribution in [3.8, 4) is 0 Å². The quantitative estimate of drug-likeness (QED) is 0.879. The van der Waals surface area contributed by atoms with Gasteiger partial charge in [0.1, 0.15) is 0 Å². The van der Waals surface area contributed by atoms with E-state index in [1.165, 1.54) is 10.8 Å². The molecule has 1 atom stereocenters. The molecule has 25 heavy (non-hydrogen) atoms. The van der Waals surface area contributed by atoms with Crippen LogP contribution in [-0.2, 0) is 4.79 Å². The van der Waals surface area contributed by atoms with Crippen molar-refractivity contribution in [1.82, 2.24) is 15.1 Å². The molecule has 0 bridgehead atoms. The smallest absolute Gasteiger partial charge is 0.221 e. The zero-order valence-corrected chi connectivity index (χ0v) is 15.4. The van der Waals surface area contributed by atoms with E-state index in [1.54, 1.807) is 0 Å². The number of carbonyl (C=O) groups is 1. The summed E-state index contributed by atoms with van der Waals surface area (Å²) >= 11 is 0. The minimum absolute atomic E-state index is 0.0362. The number of hydrogen-bond acceptors (Lipinski definition) is 3. The van der Waals surface area contributed by atoms with E-state index in [9.17, 15) is 4.79 Å². The predicted octanol–water partition coefficient (Wildman–Crippen LogP) is 3.04. The van der Waals surface area contributed by atoms with Gasteiger partial charge in [0.25, 0.3) is 0 Å². The molecule has 1 fully saturated rings. The highest BCUT2D eigenvalue weighted by Gasteiger charge is 2.17. The number of nitrogens with one attached hydrogen (secondary N) is 1. The molecule has 2 aromatic rings. The summed E-state index contributed by atoms with van der Waals surface area (Å²) in [6.45, 7) is 10.6. The van der Waals surface area contributed by atoms with Gasteiger partial charge in [-0.3, -0.25) is 4.79 Å². The molecule has 0 saturated carbocycles. The molecule has 0 aromatic heterocycles. The average Bonchev–Trinajstić information content (AvgIpc) is 2.66. The van der Waals surface area contributed by atoms with Crippen molar-refractivity contribution in [2.45, 2.75) is 26.3 Å². The van der Waals surface area contributed by atoms with Gasteiger partial charge in [-0.2, -0.15) is 0 Å². The number of piperazine rings is 1. The average molecular weight is 339 g/mol. The molecule has 0 unspecified atom stereocenters. The van der Waals surface area contributed by atoms with E-state index in [0.717, 1.165) is 44.8 Å². The number of likely N-dealkylation sites (N-methyl/N-ethyl adjacent to an activating group) is 1. The second kappa shape index (κ2) is 8.45. The van der Waals surface area contributed by atoms with Gasteiger partial charge in [0.15, 0.2) is 0 Å². The van der Waals surface area contributed by atoms with Gasteiger partial charge in [-0.25, -0.2) is 0 Å². The topological polar surface area (TPSA) is 35.6 Å². The summed E-state index contributed by atoms with van der Waals surface area (Å²) in [7, 11) is 0. The van der Waals surface area contributed by atoms with Gasteiger partial charge in [-0.15, -0.1) is 0 Å². The molecule has 134 valence electrons. The third-order valence-electron chi connectivity index (χ3n) is 5.22. The summed E-state index contributed by atoms with van der Waals surface area (Å²) in [4.78, 5) is 17.2. The van der Waals surface area contributed by atoms with Crippen molar-refractivity contribution in [1.29, 1.82) is 0 Å². The summed E-state index contributed by atoms with van der Waals surface area (Å²) in [5.41, 5.74) is 1.16. The van der Waals surface area contributed by atoms with Crippen molar-refractivity contribution in [3.63, 3.8) is 0 Å². The number of hydrogen-bond donors (Lipinski definition) is 1. The first kappa shape index (κ1) is 17.9. The number of amides is 1. The highest BCUT2D eigenvalue weighted by Crippen LogP contribution is 2.20. The summed E-state index contributed by atoms with van der Waals surface area (Å²) in [5, 5.41) is 5.59. The zero-order chi connectivity index (χ0) is 17.6. The second-order valence-corrected chi connectivity index (χ2v) is 6.92. The Morgan fingerprint density at radius 1 is 1.04 bits per heavy atom. The Bertz CT molecular complexity index is 707. The molecule has 2 aromatic carbocycles. The van der Waals surface area contributed by atoms with Crippen LogP contribution in [0, 0.1) is 0 Å². The van der Waals surface area contributed by atoms with Gasteiger partial charge in [0.05, 0.1) is 6.04 Å². The minimum atomic E-state index is 0.0362. The second-order valence-electron chi connectivity index (χ2n) is 6.92. The van der Waals surface area contributed by atoms with E-state index in [4.69, 9.17) is 0 Å². The molecule has 1 saturated heterocycles. The van der Waals surface area contributed by atoms with E-state index in [2.05, 4.69) is 59.3 Å². The fourth-order valence-electron chi connectivity index (χ4n) is 3.46. The monoisotopic (exact) mass is 339 g/mol. The maximum atomic E-state index is 12.3. The first-order chi connectivity index (χ1) is 12.2. The summed E-state index contributed by atoms with van der Waals surface area (Å²) in [6.07, 6.45) is 0.573. The number of fused-ring (bicyclic) bond motifs is 1. The highest BCUT2D eigenvalue weighted by atomic mass is 16.1. The van der Waals surface area contributed by atoms with Gasteiger partial charge in [0.2, 0.25) is 5.91 Å². The Balaban J connectivity index is 1.48. The Hall–Kier alpha value is -1.91. The van der Waals surface area contributed by atoms with Crippen LogP contribution in [0.2, 0.25) is 0 Å². The molecule has 0 spiro atoms. The highest BCUT2D eigenvalue weighted by molar-refractivity contribution is 5.83. The van der Waals surface area contributed by atoms with Crippen LogP contribution < -0.4 is 5.32 Å². The van der Waals surface area contributed by atoms with Crippen LogP contribution in [0.5, 0.6) is 0 Å². The van der Waals surface area contributed by atoms with Gasteiger partial charge in [-0.05, 0) is 35.9 Å². The normalized spacial score (nSPS) is 17.5. The molecule has 0 radical (unpaired) electrons. The van der Waals surface area contributed by atoms with Crippen LogP contribution in [0.15, 0.2) is 42.5 Å². The molecule has 1 N–H and O–H groups in total. The van der Waals surface area contributed by atoms with E-state index in [0.29, 0.717) is 6.42 Å². The maximum Gasteiger partial charge on any atom is 0.221 e. The van der Waals surface area contributed by atoms with Crippen molar-refractivity contribution in [2.24, 2.45) is 0 Å². The van der Waals surface area contributed by atoms with Crippen molar-refractivity contribution >= 4 is 16.7 Å². The lowest BCUT2D eigenvalue weighted by atomic mass is 10.0. The van der Waals surface area contributed by atoms with Crippen LogP contribution in [0.3, 0.4) is 0 Å². The molecule has 4 nitrogen and oxygen atoms in total. The molecule has 1 aliphatic rings. The van der Waals surface area contributed by atoms with E-state index >= 15 is 0 Å². The predicted molar refractivity (Wildman–Crippen MR) is 104 cm³/mol.